The van der Waals surface area contributed by atoms with Gasteiger partial charge in [0, 0.05) is 36.4 Å². The van der Waals surface area contributed by atoms with Gasteiger partial charge >= 0.3 is 0 Å². The highest BCUT2D eigenvalue weighted by Crippen LogP contribution is 2.22. The second-order valence-corrected chi connectivity index (χ2v) is 7.95. The summed E-state index contributed by atoms with van der Waals surface area (Å²) in [5, 5.41) is 4.32. The first-order chi connectivity index (χ1) is 9.73. The Labute approximate surface area is 133 Å². The molecule has 7 heteroatoms. The number of benzene rings is 1. The highest BCUT2D eigenvalue weighted by atomic mass is 79.9. The predicted octanol–water partition coefficient (Wildman–Crippen LogP) is 2.62. The second kappa shape index (κ2) is 5.90. The molecule has 0 aliphatic heterocycles. The number of halogens is 1. The summed E-state index contributed by atoms with van der Waals surface area (Å²) in [5.41, 5.74) is 2.77. The standard InChI is InChI=1S/C14H18BrN3O2S/c1-10-14(11(2)18(4)16-10)9-17(3)21(19,20)13-7-5-6-12(15)8-13/h5-8H,9H2,1-4H3. The van der Waals surface area contributed by atoms with Crippen molar-refractivity contribution in [3.05, 3.63) is 45.7 Å². The van der Waals surface area contributed by atoms with Crippen molar-refractivity contribution >= 4 is 26.0 Å². The van der Waals surface area contributed by atoms with Gasteiger partial charge in [0.05, 0.1) is 10.6 Å². The summed E-state index contributed by atoms with van der Waals surface area (Å²) in [7, 11) is -0.0764. The van der Waals surface area contributed by atoms with Crippen LogP contribution < -0.4 is 0 Å². The van der Waals surface area contributed by atoms with Crippen LogP contribution in [0, 0.1) is 13.8 Å². The van der Waals surface area contributed by atoms with E-state index in [1.54, 1.807) is 36.0 Å². The van der Waals surface area contributed by atoms with Gasteiger partial charge in [0.1, 0.15) is 0 Å². The fourth-order valence-corrected chi connectivity index (χ4v) is 3.90. The van der Waals surface area contributed by atoms with Crippen LogP contribution in [0.4, 0.5) is 0 Å². The van der Waals surface area contributed by atoms with Gasteiger partial charge in [0.15, 0.2) is 0 Å². The number of aromatic nitrogens is 2. The van der Waals surface area contributed by atoms with Crippen molar-refractivity contribution in [2.45, 2.75) is 25.3 Å². The van der Waals surface area contributed by atoms with Gasteiger partial charge in [-0.2, -0.15) is 9.40 Å². The lowest BCUT2D eigenvalue weighted by molar-refractivity contribution is 0.465. The smallest absolute Gasteiger partial charge is 0.243 e. The molecule has 0 fully saturated rings. The summed E-state index contributed by atoms with van der Waals surface area (Å²) in [4.78, 5) is 0.276. The Morgan fingerprint density at radius 3 is 2.52 bits per heavy atom. The molecule has 5 nitrogen and oxygen atoms in total. The van der Waals surface area contributed by atoms with Crippen molar-refractivity contribution < 1.29 is 8.42 Å². The lowest BCUT2D eigenvalue weighted by Crippen LogP contribution is -2.27. The van der Waals surface area contributed by atoms with Crippen molar-refractivity contribution in [3.8, 4) is 0 Å². The minimum atomic E-state index is -3.52. The van der Waals surface area contributed by atoms with Crippen LogP contribution in [-0.4, -0.2) is 29.6 Å². The molecule has 0 amide bonds. The number of rotatable bonds is 4. The molecule has 0 unspecified atom stereocenters. The lowest BCUT2D eigenvalue weighted by Gasteiger charge is -2.17. The summed E-state index contributed by atoms with van der Waals surface area (Å²) in [6, 6.07) is 6.72. The molecule has 0 spiro atoms. The third-order valence-electron chi connectivity index (χ3n) is 3.54. The fraction of sp³-hybridized carbons (Fsp3) is 0.357. The molecule has 0 radical (unpaired) electrons. The summed E-state index contributed by atoms with van der Waals surface area (Å²) in [5.74, 6) is 0. The number of aryl methyl sites for hydroxylation is 2. The SMILES string of the molecule is Cc1nn(C)c(C)c1CN(C)S(=O)(=O)c1cccc(Br)c1. The molecule has 1 aromatic carbocycles. The molecule has 0 N–H and O–H groups in total. The van der Waals surface area contributed by atoms with Crippen LogP contribution in [0.1, 0.15) is 17.0 Å². The van der Waals surface area contributed by atoms with E-state index in [1.165, 1.54) is 4.31 Å². The Bertz CT molecular complexity index is 769. The number of hydrogen-bond donors (Lipinski definition) is 0. The van der Waals surface area contributed by atoms with E-state index in [9.17, 15) is 8.42 Å². The molecular formula is C14H18BrN3O2S. The van der Waals surface area contributed by atoms with Crippen LogP contribution >= 0.6 is 15.9 Å². The first-order valence-electron chi connectivity index (χ1n) is 6.44. The van der Waals surface area contributed by atoms with E-state index < -0.39 is 10.0 Å². The molecule has 0 saturated heterocycles. The van der Waals surface area contributed by atoms with Gasteiger partial charge in [-0.1, -0.05) is 22.0 Å². The van der Waals surface area contributed by atoms with Gasteiger partial charge < -0.3 is 0 Å². The zero-order valence-corrected chi connectivity index (χ0v) is 14.9. The van der Waals surface area contributed by atoms with Gasteiger partial charge in [0.25, 0.3) is 0 Å². The first-order valence-corrected chi connectivity index (χ1v) is 8.67. The van der Waals surface area contributed by atoms with E-state index in [-0.39, 0.29) is 4.90 Å². The largest absolute Gasteiger partial charge is 0.272 e. The molecule has 21 heavy (non-hydrogen) atoms. The maximum Gasteiger partial charge on any atom is 0.243 e. The molecule has 1 heterocycles. The van der Waals surface area contributed by atoms with Crippen LogP contribution in [0.2, 0.25) is 0 Å². The molecule has 0 saturated carbocycles. The maximum atomic E-state index is 12.6. The zero-order chi connectivity index (χ0) is 15.8. The molecular weight excluding hydrogens is 354 g/mol. The van der Waals surface area contributed by atoms with E-state index >= 15 is 0 Å². The third kappa shape index (κ3) is 3.20. The van der Waals surface area contributed by atoms with Crippen LogP contribution in [0.25, 0.3) is 0 Å². The van der Waals surface area contributed by atoms with Crippen molar-refractivity contribution in [1.82, 2.24) is 14.1 Å². The highest BCUT2D eigenvalue weighted by molar-refractivity contribution is 9.10. The van der Waals surface area contributed by atoms with Gasteiger partial charge in [-0.15, -0.1) is 0 Å². The molecule has 2 aromatic rings. The Kier molecular flexibility index (Phi) is 4.55. The van der Waals surface area contributed by atoms with E-state index in [0.717, 1.165) is 21.4 Å². The number of hydrogen-bond acceptors (Lipinski definition) is 3. The van der Waals surface area contributed by atoms with E-state index in [0.29, 0.717) is 6.54 Å². The zero-order valence-electron chi connectivity index (χ0n) is 12.5. The average Bonchev–Trinajstić information content (AvgIpc) is 2.65. The van der Waals surface area contributed by atoms with Crippen LogP contribution in [0.3, 0.4) is 0 Å². The summed E-state index contributed by atoms with van der Waals surface area (Å²) >= 11 is 3.30. The normalized spacial score (nSPS) is 12.1. The topological polar surface area (TPSA) is 55.2 Å². The van der Waals surface area contributed by atoms with E-state index in [4.69, 9.17) is 0 Å². The monoisotopic (exact) mass is 371 g/mol. The Morgan fingerprint density at radius 2 is 2.00 bits per heavy atom. The third-order valence-corrected chi connectivity index (χ3v) is 5.84. The molecule has 0 aliphatic carbocycles. The van der Waals surface area contributed by atoms with Crippen LogP contribution in [0.5, 0.6) is 0 Å². The minimum absolute atomic E-state index is 0.276. The quantitative estimate of drug-likeness (QED) is 0.829. The molecule has 0 atom stereocenters. The van der Waals surface area contributed by atoms with Gasteiger partial charge in [-0.3, -0.25) is 4.68 Å². The van der Waals surface area contributed by atoms with Crippen molar-refractivity contribution in [1.29, 1.82) is 0 Å². The Balaban J connectivity index is 2.33. The molecule has 0 bridgehead atoms. The number of nitrogens with zero attached hydrogens (tertiary/aromatic N) is 3. The average molecular weight is 372 g/mol. The van der Waals surface area contributed by atoms with Crippen molar-refractivity contribution in [3.63, 3.8) is 0 Å². The Hall–Kier alpha value is -1.18. The van der Waals surface area contributed by atoms with Crippen LogP contribution in [0.15, 0.2) is 33.6 Å². The summed E-state index contributed by atoms with van der Waals surface area (Å²) in [6.45, 7) is 4.14. The fourth-order valence-electron chi connectivity index (χ4n) is 2.16. The number of sulfonamides is 1. The predicted molar refractivity (Wildman–Crippen MR) is 85.5 cm³/mol. The highest BCUT2D eigenvalue weighted by Gasteiger charge is 2.23. The molecule has 1 aromatic heterocycles. The van der Waals surface area contributed by atoms with Crippen molar-refractivity contribution in [2.75, 3.05) is 7.05 Å². The maximum absolute atomic E-state index is 12.6. The van der Waals surface area contributed by atoms with Crippen LogP contribution in [-0.2, 0) is 23.6 Å². The second-order valence-electron chi connectivity index (χ2n) is 4.99. The molecule has 0 aliphatic rings. The molecule has 2 rings (SSSR count). The van der Waals surface area contributed by atoms with E-state index in [2.05, 4.69) is 21.0 Å². The van der Waals surface area contributed by atoms with Gasteiger partial charge in [-0.05, 0) is 32.0 Å². The summed E-state index contributed by atoms with van der Waals surface area (Å²) in [6.07, 6.45) is 0. The van der Waals surface area contributed by atoms with Gasteiger partial charge in [-0.25, -0.2) is 8.42 Å². The van der Waals surface area contributed by atoms with E-state index in [1.807, 2.05) is 20.9 Å². The molecule has 114 valence electrons. The Morgan fingerprint density at radius 1 is 1.33 bits per heavy atom. The van der Waals surface area contributed by atoms with Crippen molar-refractivity contribution in [2.24, 2.45) is 7.05 Å². The first kappa shape index (κ1) is 16.2. The minimum Gasteiger partial charge on any atom is -0.272 e. The summed E-state index contributed by atoms with van der Waals surface area (Å²) < 4.78 is 29.1. The lowest BCUT2D eigenvalue weighted by atomic mass is 10.2. The van der Waals surface area contributed by atoms with Gasteiger partial charge in [0.2, 0.25) is 10.0 Å².